The van der Waals surface area contributed by atoms with E-state index in [4.69, 9.17) is 0 Å². The van der Waals surface area contributed by atoms with Gasteiger partial charge in [-0.2, -0.15) is 0 Å². The van der Waals surface area contributed by atoms with Crippen LogP contribution >= 0.6 is 21.8 Å². The zero-order valence-corrected chi connectivity index (χ0v) is 14.5. The first-order valence-electron chi connectivity index (χ1n) is 5.44. The van der Waals surface area contributed by atoms with E-state index in [9.17, 15) is 0 Å². The predicted octanol–water partition coefficient (Wildman–Crippen LogP) is 5.77. The first kappa shape index (κ1) is 14.9. The highest BCUT2D eigenvalue weighted by Gasteiger charge is 2.58. The summed E-state index contributed by atoms with van der Waals surface area (Å²) in [6.45, 7) is 21.8. The number of rotatable bonds is 0. The highest BCUT2D eigenvalue weighted by atomic mass is 127. The van der Waals surface area contributed by atoms with Gasteiger partial charge in [0.15, 0.2) is 0 Å². The predicted molar refractivity (Wildman–Crippen MR) is 78.9 cm³/mol. The Bertz CT molecular complexity index is 164. The average Bonchev–Trinajstić information content (AvgIpc) is 1.77. The molecule has 0 aromatic rings. The van der Waals surface area contributed by atoms with Crippen molar-refractivity contribution < 1.29 is 0 Å². The van der Waals surface area contributed by atoms with Crippen LogP contribution < -0.4 is 0 Å². The summed E-state index contributed by atoms with van der Waals surface area (Å²) in [5, 5.41) is 1.35. The van der Waals surface area contributed by atoms with Crippen molar-refractivity contribution in [2.24, 2.45) is 0 Å². The Morgan fingerprint density at radius 2 is 0.714 bits per heavy atom. The third kappa shape index (κ3) is 2.37. The van der Waals surface area contributed by atoms with Crippen molar-refractivity contribution in [2.75, 3.05) is 0 Å². The fourth-order valence-corrected chi connectivity index (χ4v) is 10.1. The Labute approximate surface area is 104 Å². The molecule has 0 aromatic carbocycles. The summed E-state index contributed by atoms with van der Waals surface area (Å²) in [7, 11) is 0. The molecule has 0 unspecified atom stereocenters. The van der Waals surface area contributed by atoms with E-state index < -0.39 is 5.57 Å². The maximum absolute atomic E-state index is 2.83. The van der Waals surface area contributed by atoms with Crippen LogP contribution in [0.3, 0.4) is 0 Å². The lowest BCUT2D eigenvalue weighted by atomic mass is 10.2. The molecule has 0 rings (SSSR count). The Kier molecular flexibility index (Phi) is 4.01. The standard InChI is InChI=1S/C12H27ISi/c1-10(2,3)14(13,11(4,5)6)12(7,8)9/h1-9H3. The molecule has 2 heteroatoms. The molecule has 0 bridgehead atoms. The first-order chi connectivity index (χ1) is 5.75. The maximum atomic E-state index is 2.83. The molecule has 0 aliphatic heterocycles. The summed E-state index contributed by atoms with van der Waals surface area (Å²) in [6, 6.07) is 0. The molecule has 0 saturated carbocycles. The van der Waals surface area contributed by atoms with E-state index in [1.165, 1.54) is 0 Å². The Morgan fingerprint density at radius 1 is 0.571 bits per heavy atom. The van der Waals surface area contributed by atoms with Crippen LogP contribution in [-0.4, -0.2) is 5.57 Å². The molecule has 0 spiro atoms. The maximum Gasteiger partial charge on any atom is 0.141 e. The van der Waals surface area contributed by atoms with Crippen LogP contribution in [0.1, 0.15) is 62.3 Å². The van der Waals surface area contributed by atoms with Gasteiger partial charge in [-0.3, -0.25) is 0 Å². The Balaban J connectivity index is 5.54. The van der Waals surface area contributed by atoms with Gasteiger partial charge in [0.05, 0.1) is 0 Å². The second kappa shape index (κ2) is 3.76. The van der Waals surface area contributed by atoms with E-state index in [1.807, 2.05) is 0 Å². The molecule has 0 radical (unpaired) electrons. The normalized spacial score (nSPS) is 15.9. The van der Waals surface area contributed by atoms with Crippen LogP contribution in [-0.2, 0) is 0 Å². The molecule has 0 fully saturated rings. The quantitative estimate of drug-likeness (QED) is 0.301. The molecule has 0 aromatic heterocycles. The van der Waals surface area contributed by atoms with Crippen molar-refractivity contribution in [3.8, 4) is 0 Å². The molecular formula is C12H27ISi. The van der Waals surface area contributed by atoms with Gasteiger partial charge in [-0.05, 0) is 15.1 Å². The largest absolute Gasteiger partial charge is 0.141 e. The van der Waals surface area contributed by atoms with Crippen LogP contribution in [0.25, 0.3) is 0 Å². The van der Waals surface area contributed by atoms with Crippen LogP contribution in [0, 0.1) is 0 Å². The smallest absolute Gasteiger partial charge is 0.117 e. The third-order valence-electron chi connectivity index (χ3n) is 3.10. The summed E-state index contributed by atoms with van der Waals surface area (Å²) >= 11 is 2.83. The van der Waals surface area contributed by atoms with Crippen LogP contribution in [0.5, 0.6) is 0 Å². The summed E-state index contributed by atoms with van der Waals surface area (Å²) in [6.07, 6.45) is 0. The minimum atomic E-state index is -1.38. The van der Waals surface area contributed by atoms with Gasteiger partial charge in [-0.15, -0.1) is 21.8 Å². The average molecular weight is 326 g/mol. The summed E-state index contributed by atoms with van der Waals surface area (Å²) < 4.78 is 0. The molecule has 0 heterocycles. The SMILES string of the molecule is CC(C)(C)[Si](I)(C(C)(C)C)C(C)(C)C. The lowest BCUT2D eigenvalue weighted by Crippen LogP contribution is -2.53. The van der Waals surface area contributed by atoms with Gasteiger partial charge in [0, 0.05) is 0 Å². The third-order valence-corrected chi connectivity index (χ3v) is 23.9. The van der Waals surface area contributed by atoms with Crippen LogP contribution in [0.15, 0.2) is 0 Å². The Hall–Kier alpha value is 0.947. The highest BCUT2D eigenvalue weighted by molar-refractivity contribution is 14.1. The van der Waals surface area contributed by atoms with E-state index in [2.05, 4.69) is 84.1 Å². The molecule has 0 saturated heterocycles. The molecular weight excluding hydrogens is 299 g/mol. The van der Waals surface area contributed by atoms with Crippen molar-refractivity contribution in [3.63, 3.8) is 0 Å². The van der Waals surface area contributed by atoms with Gasteiger partial charge in [0.1, 0.15) is 5.57 Å². The van der Waals surface area contributed by atoms with Crippen LogP contribution in [0.4, 0.5) is 0 Å². The minimum absolute atomic E-state index is 0.448. The van der Waals surface area contributed by atoms with E-state index >= 15 is 0 Å². The topological polar surface area (TPSA) is 0 Å². The molecule has 0 nitrogen and oxygen atoms in total. The molecule has 0 atom stereocenters. The van der Waals surface area contributed by atoms with Gasteiger partial charge in [0.25, 0.3) is 0 Å². The molecule has 0 N–H and O–H groups in total. The number of halogens is 1. The van der Waals surface area contributed by atoms with E-state index in [0.29, 0.717) is 15.1 Å². The molecule has 0 aliphatic rings. The lowest BCUT2D eigenvalue weighted by Gasteiger charge is -2.55. The van der Waals surface area contributed by atoms with Gasteiger partial charge in [-0.25, -0.2) is 0 Å². The number of hydrogen-bond acceptors (Lipinski definition) is 0. The van der Waals surface area contributed by atoms with E-state index in [0.717, 1.165) is 0 Å². The van der Waals surface area contributed by atoms with Crippen molar-refractivity contribution in [1.82, 2.24) is 0 Å². The van der Waals surface area contributed by atoms with Crippen molar-refractivity contribution >= 4 is 27.4 Å². The number of hydrogen-bond donors (Lipinski definition) is 0. The minimum Gasteiger partial charge on any atom is -0.117 e. The van der Waals surface area contributed by atoms with Crippen LogP contribution in [0.2, 0.25) is 15.1 Å². The molecule has 0 aliphatic carbocycles. The van der Waals surface area contributed by atoms with Crippen molar-refractivity contribution in [1.29, 1.82) is 0 Å². The summed E-state index contributed by atoms with van der Waals surface area (Å²) in [4.78, 5) is 0. The monoisotopic (exact) mass is 326 g/mol. The second-order valence-corrected chi connectivity index (χ2v) is 18.1. The van der Waals surface area contributed by atoms with E-state index in [1.54, 1.807) is 0 Å². The fraction of sp³-hybridized carbons (Fsp3) is 1.00. The lowest BCUT2D eigenvalue weighted by molar-refractivity contribution is 0.564. The molecule has 86 valence electrons. The van der Waals surface area contributed by atoms with Gasteiger partial charge in [-0.1, -0.05) is 62.3 Å². The second-order valence-electron chi connectivity index (χ2n) is 7.41. The zero-order chi connectivity index (χ0) is 12.0. The first-order valence-corrected chi connectivity index (χ1v) is 10.6. The molecule has 14 heavy (non-hydrogen) atoms. The Morgan fingerprint density at radius 3 is 0.714 bits per heavy atom. The highest BCUT2D eigenvalue weighted by Crippen LogP contribution is 2.65. The van der Waals surface area contributed by atoms with Gasteiger partial charge in [0.2, 0.25) is 0 Å². The summed E-state index contributed by atoms with van der Waals surface area (Å²) in [5.41, 5.74) is -1.38. The molecule has 0 amide bonds. The summed E-state index contributed by atoms with van der Waals surface area (Å²) in [5.74, 6) is 0. The fourth-order valence-electron chi connectivity index (χ4n) is 3.38. The zero-order valence-electron chi connectivity index (χ0n) is 11.4. The van der Waals surface area contributed by atoms with Gasteiger partial charge < -0.3 is 0 Å². The van der Waals surface area contributed by atoms with E-state index in [-0.39, 0.29) is 0 Å². The van der Waals surface area contributed by atoms with Crippen molar-refractivity contribution in [3.05, 3.63) is 0 Å². The van der Waals surface area contributed by atoms with Gasteiger partial charge >= 0.3 is 0 Å². The van der Waals surface area contributed by atoms with Crippen molar-refractivity contribution in [2.45, 2.75) is 77.4 Å².